The second kappa shape index (κ2) is 8.48. The average molecular weight is 376 g/mol. The number of benzene rings is 3. The summed E-state index contributed by atoms with van der Waals surface area (Å²) in [6, 6.07) is 27.8. The van der Waals surface area contributed by atoms with Crippen molar-refractivity contribution in [2.75, 3.05) is 6.61 Å². The topological polar surface area (TPSA) is 54.0 Å². The first-order chi connectivity index (χ1) is 13.8. The van der Waals surface area contributed by atoms with Gasteiger partial charge in [0.15, 0.2) is 12.2 Å². The Morgan fingerprint density at radius 1 is 0.679 bits per heavy atom. The Morgan fingerprint density at radius 3 is 1.75 bits per heavy atom. The SMILES string of the molecule is O=C1O[C@H](COc2ccccc2)[C@@H](Oc2ccccc2)[C@H]1Oc1ccccc1. The van der Waals surface area contributed by atoms with Crippen LogP contribution in [0.3, 0.4) is 0 Å². The van der Waals surface area contributed by atoms with Crippen molar-refractivity contribution >= 4 is 5.97 Å². The standard InChI is InChI=1S/C23H20O5/c24-23-22(27-19-14-8-3-9-15-19)21(26-18-12-6-2-7-13-18)20(28-23)16-25-17-10-4-1-5-11-17/h1-15,20-22H,16H2/t20-,21-,22-/m1/s1. The lowest BCUT2D eigenvalue weighted by atomic mass is 10.1. The monoisotopic (exact) mass is 376 g/mol. The molecule has 5 nitrogen and oxygen atoms in total. The molecule has 0 unspecified atom stereocenters. The highest BCUT2D eigenvalue weighted by molar-refractivity contribution is 5.78. The molecule has 1 aliphatic rings. The third-order valence-electron chi connectivity index (χ3n) is 4.34. The van der Waals surface area contributed by atoms with Gasteiger partial charge in [-0.1, -0.05) is 54.6 Å². The van der Waals surface area contributed by atoms with Gasteiger partial charge >= 0.3 is 5.97 Å². The summed E-state index contributed by atoms with van der Waals surface area (Å²) in [5, 5.41) is 0. The fourth-order valence-corrected chi connectivity index (χ4v) is 2.99. The van der Waals surface area contributed by atoms with Gasteiger partial charge in [0.2, 0.25) is 6.10 Å². The summed E-state index contributed by atoms with van der Waals surface area (Å²) in [5.74, 6) is 1.45. The van der Waals surface area contributed by atoms with E-state index in [-0.39, 0.29) is 6.61 Å². The average Bonchev–Trinajstić information content (AvgIpc) is 3.03. The summed E-state index contributed by atoms with van der Waals surface area (Å²) in [6.07, 6.45) is -2.12. The number of hydrogen-bond donors (Lipinski definition) is 0. The van der Waals surface area contributed by atoms with E-state index in [2.05, 4.69) is 0 Å². The van der Waals surface area contributed by atoms with Crippen LogP contribution in [0.5, 0.6) is 17.2 Å². The maximum absolute atomic E-state index is 12.5. The molecule has 3 aromatic rings. The molecule has 1 saturated heterocycles. The minimum absolute atomic E-state index is 0.169. The van der Waals surface area contributed by atoms with E-state index in [1.165, 1.54) is 0 Å². The van der Waals surface area contributed by atoms with Crippen molar-refractivity contribution in [3.05, 3.63) is 91.0 Å². The molecule has 5 heteroatoms. The molecule has 3 aromatic carbocycles. The molecular formula is C23H20O5. The van der Waals surface area contributed by atoms with Crippen LogP contribution >= 0.6 is 0 Å². The van der Waals surface area contributed by atoms with Gasteiger partial charge < -0.3 is 18.9 Å². The number of carbonyl (C=O) groups excluding carboxylic acids is 1. The summed E-state index contributed by atoms with van der Waals surface area (Å²) in [6.45, 7) is 0.169. The Hall–Kier alpha value is -3.47. The number of ether oxygens (including phenoxy) is 4. The predicted molar refractivity (Wildman–Crippen MR) is 104 cm³/mol. The Bertz CT molecular complexity index is 883. The molecule has 0 spiro atoms. The van der Waals surface area contributed by atoms with Crippen molar-refractivity contribution in [1.82, 2.24) is 0 Å². The van der Waals surface area contributed by atoms with Gasteiger partial charge in [-0.05, 0) is 36.4 Å². The molecule has 0 bridgehead atoms. The molecule has 0 aliphatic carbocycles. The van der Waals surface area contributed by atoms with E-state index in [1.54, 1.807) is 12.1 Å². The Kier molecular flexibility index (Phi) is 5.43. The van der Waals surface area contributed by atoms with Gasteiger partial charge in [0.1, 0.15) is 23.9 Å². The van der Waals surface area contributed by atoms with E-state index < -0.39 is 24.3 Å². The summed E-state index contributed by atoms with van der Waals surface area (Å²) in [5.41, 5.74) is 0. The number of cyclic esters (lactones) is 1. The van der Waals surface area contributed by atoms with Crippen LogP contribution in [0, 0.1) is 0 Å². The highest BCUT2D eigenvalue weighted by Gasteiger charge is 2.49. The predicted octanol–water partition coefficient (Wildman–Crippen LogP) is 3.89. The zero-order valence-corrected chi connectivity index (χ0v) is 15.1. The van der Waals surface area contributed by atoms with Gasteiger partial charge in [-0.3, -0.25) is 0 Å². The highest BCUT2D eigenvalue weighted by Crippen LogP contribution is 2.27. The summed E-state index contributed by atoms with van der Waals surface area (Å²) >= 11 is 0. The van der Waals surface area contributed by atoms with Gasteiger partial charge in [-0.15, -0.1) is 0 Å². The van der Waals surface area contributed by atoms with Crippen molar-refractivity contribution in [2.24, 2.45) is 0 Å². The first kappa shape index (κ1) is 17.9. The normalized spacial score (nSPS) is 21.0. The first-order valence-corrected chi connectivity index (χ1v) is 9.11. The zero-order valence-electron chi connectivity index (χ0n) is 15.1. The quantitative estimate of drug-likeness (QED) is 0.586. The van der Waals surface area contributed by atoms with Crippen molar-refractivity contribution in [1.29, 1.82) is 0 Å². The lowest BCUT2D eigenvalue weighted by Gasteiger charge is -2.23. The van der Waals surface area contributed by atoms with Crippen LogP contribution < -0.4 is 14.2 Å². The summed E-state index contributed by atoms with van der Waals surface area (Å²) in [7, 11) is 0. The van der Waals surface area contributed by atoms with E-state index in [4.69, 9.17) is 18.9 Å². The molecule has 0 N–H and O–H groups in total. The molecule has 3 atom stereocenters. The molecule has 142 valence electrons. The summed E-state index contributed by atoms with van der Waals surface area (Å²) in [4.78, 5) is 12.5. The first-order valence-electron chi connectivity index (χ1n) is 9.11. The second-order valence-electron chi connectivity index (χ2n) is 6.35. The molecule has 4 rings (SSSR count). The van der Waals surface area contributed by atoms with Crippen LogP contribution in [0.25, 0.3) is 0 Å². The van der Waals surface area contributed by atoms with Crippen molar-refractivity contribution in [3.63, 3.8) is 0 Å². The minimum atomic E-state index is -0.882. The van der Waals surface area contributed by atoms with Crippen molar-refractivity contribution < 1.29 is 23.7 Å². The fourth-order valence-electron chi connectivity index (χ4n) is 2.99. The minimum Gasteiger partial charge on any atom is -0.490 e. The third-order valence-corrected chi connectivity index (χ3v) is 4.34. The second-order valence-corrected chi connectivity index (χ2v) is 6.35. The molecule has 1 aliphatic heterocycles. The number of esters is 1. The van der Waals surface area contributed by atoms with E-state index in [9.17, 15) is 4.79 Å². The number of rotatable bonds is 7. The molecule has 28 heavy (non-hydrogen) atoms. The van der Waals surface area contributed by atoms with Crippen LogP contribution in [-0.2, 0) is 9.53 Å². The Morgan fingerprint density at radius 2 is 1.18 bits per heavy atom. The molecule has 0 amide bonds. The van der Waals surface area contributed by atoms with E-state index >= 15 is 0 Å². The number of para-hydroxylation sites is 3. The van der Waals surface area contributed by atoms with Crippen LogP contribution in [0.15, 0.2) is 91.0 Å². The van der Waals surface area contributed by atoms with Gasteiger partial charge in [0, 0.05) is 0 Å². The van der Waals surface area contributed by atoms with Crippen LogP contribution in [-0.4, -0.2) is 30.9 Å². The Balaban J connectivity index is 1.53. The molecule has 0 aromatic heterocycles. The lowest BCUT2D eigenvalue weighted by molar-refractivity contribution is -0.147. The molecule has 0 radical (unpaired) electrons. The van der Waals surface area contributed by atoms with E-state index in [0.29, 0.717) is 17.2 Å². The highest BCUT2D eigenvalue weighted by atomic mass is 16.6. The Labute approximate surface area is 163 Å². The molecule has 1 heterocycles. The van der Waals surface area contributed by atoms with Gasteiger partial charge in [-0.2, -0.15) is 0 Å². The van der Waals surface area contributed by atoms with Crippen LogP contribution in [0.4, 0.5) is 0 Å². The third kappa shape index (κ3) is 4.26. The number of carbonyl (C=O) groups is 1. The number of hydrogen-bond acceptors (Lipinski definition) is 5. The van der Waals surface area contributed by atoms with Crippen LogP contribution in [0.2, 0.25) is 0 Å². The van der Waals surface area contributed by atoms with Crippen molar-refractivity contribution in [2.45, 2.75) is 18.3 Å². The molecular weight excluding hydrogens is 356 g/mol. The van der Waals surface area contributed by atoms with Crippen LogP contribution in [0.1, 0.15) is 0 Å². The van der Waals surface area contributed by atoms with Gasteiger partial charge in [0.25, 0.3) is 0 Å². The largest absolute Gasteiger partial charge is 0.490 e. The van der Waals surface area contributed by atoms with Gasteiger partial charge in [0.05, 0.1) is 0 Å². The molecule has 1 fully saturated rings. The van der Waals surface area contributed by atoms with Gasteiger partial charge in [-0.25, -0.2) is 4.79 Å². The summed E-state index contributed by atoms with van der Waals surface area (Å²) < 4.78 is 23.3. The fraction of sp³-hybridized carbons (Fsp3) is 0.174. The lowest BCUT2D eigenvalue weighted by Crippen LogP contribution is -2.42. The zero-order chi connectivity index (χ0) is 19.2. The molecule has 0 saturated carbocycles. The maximum atomic E-state index is 12.5. The maximum Gasteiger partial charge on any atom is 0.352 e. The smallest absolute Gasteiger partial charge is 0.352 e. The van der Waals surface area contributed by atoms with E-state index in [1.807, 2.05) is 78.9 Å². The van der Waals surface area contributed by atoms with Crippen molar-refractivity contribution in [3.8, 4) is 17.2 Å². The van der Waals surface area contributed by atoms with E-state index in [0.717, 1.165) is 0 Å².